The molecule has 164 valence electrons. The summed E-state index contributed by atoms with van der Waals surface area (Å²) in [6, 6.07) is 3.76. The van der Waals surface area contributed by atoms with Crippen LogP contribution in [0.2, 0.25) is 0 Å². The Kier molecular flexibility index (Phi) is 7.16. The SMILES string of the molecule is CCCOCCn1c(=O)c(NCC2CCOCC2)nc2ccc(-c3cncnc3)nc21. The Hall–Kier alpha value is -2.91. The molecular weight excluding hydrogens is 396 g/mol. The van der Waals surface area contributed by atoms with E-state index in [1.54, 1.807) is 17.0 Å². The van der Waals surface area contributed by atoms with Crippen molar-refractivity contribution in [3.63, 3.8) is 0 Å². The number of rotatable bonds is 9. The van der Waals surface area contributed by atoms with Crippen molar-refractivity contribution in [3.05, 3.63) is 41.2 Å². The van der Waals surface area contributed by atoms with E-state index in [9.17, 15) is 4.79 Å². The van der Waals surface area contributed by atoms with E-state index in [1.165, 1.54) is 6.33 Å². The standard InChI is InChI=1S/C22H28N6O3/c1-2-8-30-11-7-28-21-19(4-3-18(27-21)17-13-23-15-24-14-17)26-20(22(28)29)25-12-16-5-9-31-10-6-16/h3-4,13-16H,2,5-12H2,1H3,(H,25,26). The number of nitrogens with one attached hydrogen (secondary N) is 1. The number of aromatic nitrogens is 5. The summed E-state index contributed by atoms with van der Waals surface area (Å²) >= 11 is 0. The van der Waals surface area contributed by atoms with Gasteiger partial charge in [-0.1, -0.05) is 6.92 Å². The Morgan fingerprint density at radius 2 is 1.97 bits per heavy atom. The average Bonchev–Trinajstić information content (AvgIpc) is 2.83. The van der Waals surface area contributed by atoms with E-state index in [-0.39, 0.29) is 5.56 Å². The second-order valence-electron chi connectivity index (χ2n) is 7.63. The van der Waals surface area contributed by atoms with E-state index >= 15 is 0 Å². The normalized spacial score (nSPS) is 14.7. The highest BCUT2D eigenvalue weighted by atomic mass is 16.5. The highest BCUT2D eigenvalue weighted by Gasteiger charge is 2.17. The van der Waals surface area contributed by atoms with Crippen LogP contribution in [0.3, 0.4) is 0 Å². The molecular formula is C22H28N6O3. The predicted octanol–water partition coefficient (Wildman–Crippen LogP) is 2.51. The van der Waals surface area contributed by atoms with Crippen molar-refractivity contribution >= 4 is 17.0 Å². The minimum Gasteiger partial charge on any atom is -0.381 e. The molecule has 0 amide bonds. The maximum Gasteiger partial charge on any atom is 0.295 e. The molecule has 1 N–H and O–H groups in total. The highest BCUT2D eigenvalue weighted by molar-refractivity contribution is 5.76. The maximum absolute atomic E-state index is 13.3. The number of hydrogen-bond acceptors (Lipinski definition) is 8. The van der Waals surface area contributed by atoms with Crippen LogP contribution in [0.15, 0.2) is 35.6 Å². The van der Waals surface area contributed by atoms with Crippen LogP contribution in [0.25, 0.3) is 22.4 Å². The van der Waals surface area contributed by atoms with Crippen LogP contribution in [0.1, 0.15) is 26.2 Å². The third-order valence-electron chi connectivity index (χ3n) is 5.35. The summed E-state index contributed by atoms with van der Waals surface area (Å²) < 4.78 is 12.7. The van der Waals surface area contributed by atoms with Gasteiger partial charge < -0.3 is 14.8 Å². The molecule has 0 aliphatic carbocycles. The summed E-state index contributed by atoms with van der Waals surface area (Å²) in [7, 11) is 0. The molecule has 0 radical (unpaired) electrons. The summed E-state index contributed by atoms with van der Waals surface area (Å²) in [6.45, 7) is 5.81. The third-order valence-corrected chi connectivity index (χ3v) is 5.35. The molecule has 1 fully saturated rings. The van der Waals surface area contributed by atoms with Gasteiger partial charge in [-0.25, -0.2) is 19.9 Å². The van der Waals surface area contributed by atoms with Crippen LogP contribution in [0.4, 0.5) is 5.82 Å². The molecule has 1 saturated heterocycles. The van der Waals surface area contributed by atoms with Crippen LogP contribution in [-0.2, 0) is 16.0 Å². The van der Waals surface area contributed by atoms with Gasteiger partial charge in [0.1, 0.15) is 11.8 Å². The van der Waals surface area contributed by atoms with Gasteiger partial charge in [0.2, 0.25) is 0 Å². The first-order valence-electron chi connectivity index (χ1n) is 10.8. The molecule has 9 nitrogen and oxygen atoms in total. The van der Waals surface area contributed by atoms with E-state index in [2.05, 4.69) is 27.2 Å². The number of fused-ring (bicyclic) bond motifs is 1. The lowest BCUT2D eigenvalue weighted by Crippen LogP contribution is -2.30. The summed E-state index contributed by atoms with van der Waals surface area (Å²) in [5.41, 5.74) is 2.48. The van der Waals surface area contributed by atoms with E-state index in [0.29, 0.717) is 54.9 Å². The molecule has 0 saturated carbocycles. The van der Waals surface area contributed by atoms with Gasteiger partial charge in [-0.15, -0.1) is 0 Å². The van der Waals surface area contributed by atoms with Gasteiger partial charge in [0, 0.05) is 44.3 Å². The van der Waals surface area contributed by atoms with Gasteiger partial charge in [-0.05, 0) is 37.3 Å². The lowest BCUT2D eigenvalue weighted by Gasteiger charge is -2.22. The van der Waals surface area contributed by atoms with Gasteiger partial charge in [0.15, 0.2) is 11.5 Å². The average molecular weight is 425 g/mol. The van der Waals surface area contributed by atoms with Crippen molar-refractivity contribution in [1.82, 2.24) is 24.5 Å². The first-order chi connectivity index (χ1) is 15.3. The highest BCUT2D eigenvalue weighted by Crippen LogP contribution is 2.20. The predicted molar refractivity (Wildman–Crippen MR) is 118 cm³/mol. The van der Waals surface area contributed by atoms with Gasteiger partial charge in [0.05, 0.1) is 18.8 Å². The van der Waals surface area contributed by atoms with Crippen LogP contribution in [-0.4, -0.2) is 57.5 Å². The van der Waals surface area contributed by atoms with Gasteiger partial charge in [0.25, 0.3) is 5.56 Å². The number of pyridine rings is 1. The molecule has 31 heavy (non-hydrogen) atoms. The Bertz CT molecular complexity index is 1050. The second kappa shape index (κ2) is 10.4. The molecule has 1 aliphatic rings. The minimum absolute atomic E-state index is 0.186. The lowest BCUT2D eigenvalue weighted by atomic mass is 10.0. The number of hydrogen-bond donors (Lipinski definition) is 1. The van der Waals surface area contributed by atoms with Crippen molar-refractivity contribution in [3.8, 4) is 11.3 Å². The van der Waals surface area contributed by atoms with Crippen LogP contribution in [0, 0.1) is 5.92 Å². The van der Waals surface area contributed by atoms with Crippen LogP contribution in [0.5, 0.6) is 0 Å². The molecule has 4 rings (SSSR count). The van der Waals surface area contributed by atoms with Crippen molar-refractivity contribution in [1.29, 1.82) is 0 Å². The number of ether oxygens (including phenoxy) is 2. The zero-order valence-corrected chi connectivity index (χ0v) is 17.8. The lowest BCUT2D eigenvalue weighted by molar-refractivity contribution is 0.0699. The van der Waals surface area contributed by atoms with Gasteiger partial charge in [-0.3, -0.25) is 9.36 Å². The first kappa shape index (κ1) is 21.3. The fourth-order valence-corrected chi connectivity index (χ4v) is 3.63. The van der Waals surface area contributed by atoms with Crippen molar-refractivity contribution in [2.24, 2.45) is 5.92 Å². The third kappa shape index (κ3) is 5.23. The fraction of sp³-hybridized carbons (Fsp3) is 0.500. The first-order valence-corrected chi connectivity index (χ1v) is 10.8. The smallest absolute Gasteiger partial charge is 0.295 e. The topological polar surface area (TPSA) is 104 Å². The Labute approximate surface area is 180 Å². The molecule has 4 heterocycles. The van der Waals surface area contributed by atoms with E-state index < -0.39 is 0 Å². The minimum atomic E-state index is -0.186. The molecule has 0 spiro atoms. The number of anilines is 1. The summed E-state index contributed by atoms with van der Waals surface area (Å²) in [6.07, 6.45) is 7.79. The largest absolute Gasteiger partial charge is 0.381 e. The Balaban J connectivity index is 1.66. The van der Waals surface area contributed by atoms with Crippen molar-refractivity contribution in [2.45, 2.75) is 32.7 Å². The van der Waals surface area contributed by atoms with E-state index in [1.807, 2.05) is 12.1 Å². The zero-order chi connectivity index (χ0) is 21.5. The summed E-state index contributed by atoms with van der Waals surface area (Å²) in [4.78, 5) is 30.7. The molecule has 0 atom stereocenters. The van der Waals surface area contributed by atoms with E-state index in [4.69, 9.17) is 14.5 Å². The zero-order valence-electron chi connectivity index (χ0n) is 17.8. The molecule has 3 aromatic rings. The van der Waals surface area contributed by atoms with Gasteiger partial charge >= 0.3 is 0 Å². The van der Waals surface area contributed by atoms with Crippen LogP contribution < -0.4 is 10.9 Å². The monoisotopic (exact) mass is 424 g/mol. The summed E-state index contributed by atoms with van der Waals surface area (Å²) in [5, 5.41) is 3.27. The molecule has 1 aliphatic heterocycles. The summed E-state index contributed by atoms with van der Waals surface area (Å²) in [5.74, 6) is 0.831. The van der Waals surface area contributed by atoms with Crippen molar-refractivity contribution < 1.29 is 9.47 Å². The van der Waals surface area contributed by atoms with E-state index in [0.717, 1.165) is 38.0 Å². The second-order valence-corrected chi connectivity index (χ2v) is 7.63. The molecule has 0 unspecified atom stereocenters. The van der Waals surface area contributed by atoms with Gasteiger partial charge in [-0.2, -0.15) is 0 Å². The Morgan fingerprint density at radius 3 is 2.74 bits per heavy atom. The maximum atomic E-state index is 13.3. The fourth-order valence-electron chi connectivity index (χ4n) is 3.63. The number of nitrogens with zero attached hydrogens (tertiary/aromatic N) is 5. The molecule has 0 aromatic carbocycles. The molecule has 0 bridgehead atoms. The van der Waals surface area contributed by atoms with Crippen LogP contribution >= 0.6 is 0 Å². The van der Waals surface area contributed by atoms with Crippen molar-refractivity contribution in [2.75, 3.05) is 38.3 Å². The quantitative estimate of drug-likeness (QED) is 0.523. The molecule has 9 heteroatoms. The molecule has 3 aromatic heterocycles. The Morgan fingerprint density at radius 1 is 1.16 bits per heavy atom.